The van der Waals surface area contributed by atoms with Crippen LogP contribution in [0.1, 0.15) is 27.6 Å². The molecule has 6 heteroatoms. The van der Waals surface area contributed by atoms with E-state index in [-0.39, 0.29) is 11.3 Å². The smallest absolute Gasteiger partial charge is 0.300 e. The van der Waals surface area contributed by atoms with Crippen molar-refractivity contribution in [1.82, 2.24) is 0 Å². The zero-order chi connectivity index (χ0) is 21.4. The Morgan fingerprint density at radius 2 is 1.80 bits per heavy atom. The summed E-state index contributed by atoms with van der Waals surface area (Å²) in [5.74, 6) is -0.890. The number of aliphatic hydroxyl groups is 1. The molecule has 2 aromatic carbocycles. The number of aryl methyl sites for hydroxylation is 2. The lowest BCUT2D eigenvalue weighted by molar-refractivity contribution is -0.132. The number of hydrogen-bond acceptors (Lipinski definition) is 5. The minimum atomic E-state index is -0.692. The molecule has 1 fully saturated rings. The van der Waals surface area contributed by atoms with Gasteiger partial charge in [-0.3, -0.25) is 14.5 Å². The number of methoxy groups -OCH3 is 1. The molecule has 152 valence electrons. The first-order valence-electron chi connectivity index (χ1n) is 9.48. The third kappa shape index (κ3) is 3.29. The number of carbonyl (C=O) groups excluding carboxylic acids is 2. The Balaban J connectivity index is 1.92. The highest BCUT2D eigenvalue weighted by Crippen LogP contribution is 2.44. The van der Waals surface area contributed by atoms with Crippen molar-refractivity contribution in [3.05, 3.63) is 87.1 Å². The molecule has 1 N–H and O–H groups in total. The molecular formula is C24H21NO4S. The van der Waals surface area contributed by atoms with Crippen molar-refractivity contribution >= 4 is 34.5 Å². The Morgan fingerprint density at radius 3 is 2.43 bits per heavy atom. The molecule has 30 heavy (non-hydrogen) atoms. The Hall–Kier alpha value is -3.38. The SMILES string of the molecule is COc1ccc(/C(O)=C2/C(=O)C(=O)N(c3cc(C)ccc3C)C2c2cccs2)cc1. The lowest BCUT2D eigenvalue weighted by Gasteiger charge is -2.26. The van der Waals surface area contributed by atoms with Crippen LogP contribution in [0.5, 0.6) is 5.75 Å². The van der Waals surface area contributed by atoms with Crippen LogP contribution in [0.25, 0.3) is 5.76 Å². The van der Waals surface area contributed by atoms with Gasteiger partial charge in [0.25, 0.3) is 11.7 Å². The number of benzene rings is 2. The first-order valence-corrected chi connectivity index (χ1v) is 10.4. The maximum Gasteiger partial charge on any atom is 0.300 e. The van der Waals surface area contributed by atoms with E-state index in [2.05, 4.69) is 0 Å². The Kier molecular flexibility index (Phi) is 5.18. The molecule has 1 aliphatic rings. The molecule has 1 aliphatic heterocycles. The Morgan fingerprint density at radius 1 is 1.07 bits per heavy atom. The lowest BCUT2D eigenvalue weighted by atomic mass is 9.99. The molecule has 1 saturated heterocycles. The highest BCUT2D eigenvalue weighted by Gasteiger charge is 2.47. The largest absolute Gasteiger partial charge is 0.507 e. The fourth-order valence-corrected chi connectivity index (χ4v) is 4.50. The second-order valence-corrected chi connectivity index (χ2v) is 8.18. The quantitative estimate of drug-likeness (QED) is 0.367. The summed E-state index contributed by atoms with van der Waals surface area (Å²) < 4.78 is 5.17. The third-order valence-corrected chi connectivity index (χ3v) is 6.17. The molecule has 3 aromatic rings. The van der Waals surface area contributed by atoms with Gasteiger partial charge in [-0.05, 0) is 66.8 Å². The van der Waals surface area contributed by atoms with Crippen molar-refractivity contribution in [2.24, 2.45) is 0 Å². The number of carbonyl (C=O) groups is 2. The van der Waals surface area contributed by atoms with Gasteiger partial charge in [0.2, 0.25) is 0 Å². The van der Waals surface area contributed by atoms with E-state index in [9.17, 15) is 14.7 Å². The molecule has 5 nitrogen and oxygen atoms in total. The summed E-state index contributed by atoms with van der Waals surface area (Å²) in [4.78, 5) is 28.6. The molecular weight excluding hydrogens is 398 g/mol. The topological polar surface area (TPSA) is 66.8 Å². The number of ketones is 1. The second kappa shape index (κ2) is 7.80. The van der Waals surface area contributed by atoms with Crippen molar-refractivity contribution in [3.8, 4) is 5.75 Å². The van der Waals surface area contributed by atoms with E-state index in [0.717, 1.165) is 16.0 Å². The van der Waals surface area contributed by atoms with Crippen molar-refractivity contribution in [2.75, 3.05) is 12.0 Å². The molecule has 0 saturated carbocycles. The summed E-state index contributed by atoms with van der Waals surface area (Å²) >= 11 is 1.44. The van der Waals surface area contributed by atoms with Crippen LogP contribution in [0.3, 0.4) is 0 Å². The number of ether oxygens (including phenoxy) is 1. The zero-order valence-electron chi connectivity index (χ0n) is 16.9. The monoisotopic (exact) mass is 419 g/mol. The molecule has 0 bridgehead atoms. The summed E-state index contributed by atoms with van der Waals surface area (Å²) in [6.07, 6.45) is 0. The number of anilines is 1. The predicted octanol–water partition coefficient (Wildman–Crippen LogP) is 5.00. The van der Waals surface area contributed by atoms with Crippen LogP contribution < -0.4 is 9.64 Å². The molecule has 0 spiro atoms. The highest BCUT2D eigenvalue weighted by atomic mass is 32.1. The molecule has 1 aromatic heterocycles. The van der Waals surface area contributed by atoms with Crippen LogP contribution in [0.2, 0.25) is 0 Å². The van der Waals surface area contributed by atoms with Gasteiger partial charge >= 0.3 is 0 Å². The third-order valence-electron chi connectivity index (χ3n) is 5.24. The van der Waals surface area contributed by atoms with Gasteiger partial charge in [0, 0.05) is 16.1 Å². The van der Waals surface area contributed by atoms with Crippen molar-refractivity contribution in [2.45, 2.75) is 19.9 Å². The summed E-state index contributed by atoms with van der Waals surface area (Å²) in [6.45, 7) is 3.85. The average molecular weight is 420 g/mol. The van der Waals surface area contributed by atoms with Gasteiger partial charge in [0.15, 0.2) is 0 Å². The summed E-state index contributed by atoms with van der Waals surface area (Å²) in [5.41, 5.74) is 3.08. The van der Waals surface area contributed by atoms with E-state index in [1.165, 1.54) is 16.2 Å². The first kappa shape index (κ1) is 19.9. The van der Waals surface area contributed by atoms with E-state index in [4.69, 9.17) is 4.74 Å². The van der Waals surface area contributed by atoms with Crippen LogP contribution in [0.15, 0.2) is 65.6 Å². The zero-order valence-corrected chi connectivity index (χ0v) is 17.7. The fraction of sp³-hybridized carbons (Fsp3) is 0.167. The summed E-state index contributed by atoms with van der Waals surface area (Å²) in [6, 6.07) is 15.6. The number of hydrogen-bond donors (Lipinski definition) is 1. The van der Waals surface area contributed by atoms with Crippen LogP contribution >= 0.6 is 11.3 Å². The van der Waals surface area contributed by atoms with Gasteiger partial charge in [0.05, 0.1) is 12.7 Å². The predicted molar refractivity (Wildman–Crippen MR) is 118 cm³/mol. The maximum absolute atomic E-state index is 13.1. The van der Waals surface area contributed by atoms with Gasteiger partial charge < -0.3 is 9.84 Å². The van der Waals surface area contributed by atoms with Gasteiger partial charge in [-0.15, -0.1) is 11.3 Å². The van der Waals surface area contributed by atoms with E-state index >= 15 is 0 Å². The molecule has 0 aliphatic carbocycles. The normalized spacial score (nSPS) is 18.1. The number of rotatable bonds is 4. The van der Waals surface area contributed by atoms with Crippen LogP contribution in [-0.2, 0) is 9.59 Å². The number of thiophene rings is 1. The van der Waals surface area contributed by atoms with Crippen molar-refractivity contribution < 1.29 is 19.4 Å². The molecule has 1 unspecified atom stereocenters. The van der Waals surface area contributed by atoms with E-state index < -0.39 is 17.7 Å². The Labute approximate surface area is 178 Å². The molecule has 1 amide bonds. The standard InChI is InChI=1S/C24H21NO4S/c1-14-6-7-15(2)18(13-14)25-21(19-5-4-12-30-19)20(23(27)24(25)28)22(26)16-8-10-17(29-3)11-9-16/h4-13,21,26H,1-3H3/b22-20-. The van der Waals surface area contributed by atoms with Gasteiger partial charge in [-0.1, -0.05) is 18.2 Å². The van der Waals surface area contributed by atoms with Gasteiger partial charge in [-0.25, -0.2) is 0 Å². The average Bonchev–Trinajstić information content (AvgIpc) is 3.37. The highest BCUT2D eigenvalue weighted by molar-refractivity contribution is 7.10. The summed E-state index contributed by atoms with van der Waals surface area (Å²) in [7, 11) is 1.56. The minimum Gasteiger partial charge on any atom is -0.507 e. The second-order valence-electron chi connectivity index (χ2n) is 7.20. The molecule has 0 radical (unpaired) electrons. The van der Waals surface area contributed by atoms with Gasteiger partial charge in [-0.2, -0.15) is 0 Å². The number of aliphatic hydroxyl groups excluding tert-OH is 1. The first-order chi connectivity index (χ1) is 14.4. The molecule has 1 atom stereocenters. The number of nitrogens with zero attached hydrogens (tertiary/aromatic N) is 1. The molecule has 4 rings (SSSR count). The van der Waals surface area contributed by atoms with Gasteiger partial charge in [0.1, 0.15) is 17.6 Å². The van der Waals surface area contributed by atoms with E-state index in [1.807, 2.05) is 49.6 Å². The van der Waals surface area contributed by atoms with Crippen molar-refractivity contribution in [3.63, 3.8) is 0 Å². The lowest BCUT2D eigenvalue weighted by Crippen LogP contribution is -2.29. The Bertz CT molecular complexity index is 1150. The van der Waals surface area contributed by atoms with Crippen LogP contribution in [-0.4, -0.2) is 23.9 Å². The van der Waals surface area contributed by atoms with Crippen LogP contribution in [0.4, 0.5) is 5.69 Å². The fourth-order valence-electron chi connectivity index (χ4n) is 3.68. The maximum atomic E-state index is 13.1. The summed E-state index contributed by atoms with van der Waals surface area (Å²) in [5, 5.41) is 13.0. The number of amides is 1. The van der Waals surface area contributed by atoms with Crippen LogP contribution in [0, 0.1) is 13.8 Å². The van der Waals surface area contributed by atoms with E-state index in [0.29, 0.717) is 17.0 Å². The molecule has 2 heterocycles. The minimum absolute atomic E-state index is 0.0912. The number of Topliss-reactive ketones (excluding diaryl/α,β-unsaturated/α-hetero) is 1. The van der Waals surface area contributed by atoms with E-state index in [1.54, 1.807) is 31.4 Å². The van der Waals surface area contributed by atoms with Crippen molar-refractivity contribution in [1.29, 1.82) is 0 Å².